The van der Waals surface area contributed by atoms with Crippen LogP contribution in [-0.4, -0.2) is 67.6 Å². The summed E-state index contributed by atoms with van der Waals surface area (Å²) in [5.74, 6) is 7.38. The second-order valence-electron chi connectivity index (χ2n) is 10.9. The van der Waals surface area contributed by atoms with E-state index >= 15 is 0 Å². The van der Waals surface area contributed by atoms with Gasteiger partial charge in [-0.1, -0.05) is 36.1 Å². The van der Waals surface area contributed by atoms with E-state index in [-0.39, 0.29) is 29.9 Å². The number of rotatable bonds is 10. The maximum absolute atomic E-state index is 13.0. The average Bonchev–Trinajstić information content (AvgIpc) is 2.90. The van der Waals surface area contributed by atoms with E-state index < -0.39 is 6.67 Å². The third-order valence-electron chi connectivity index (χ3n) is 7.85. The number of nitrogens with zero attached hydrogens (tertiary/aromatic N) is 2. The van der Waals surface area contributed by atoms with E-state index in [4.69, 9.17) is 4.74 Å². The van der Waals surface area contributed by atoms with Gasteiger partial charge >= 0.3 is 0 Å². The van der Waals surface area contributed by atoms with Crippen molar-refractivity contribution in [3.05, 3.63) is 82.2 Å². The van der Waals surface area contributed by atoms with E-state index in [9.17, 15) is 14.3 Å². The Kier molecular flexibility index (Phi) is 8.88. The number of halogens is 1. The van der Waals surface area contributed by atoms with Gasteiger partial charge in [-0.3, -0.25) is 14.7 Å². The van der Waals surface area contributed by atoms with Crippen LogP contribution in [-0.2, 0) is 16.1 Å². The number of nitrogens with one attached hydrogen (secondary N) is 1. The van der Waals surface area contributed by atoms with Crippen molar-refractivity contribution in [3.8, 4) is 11.8 Å². The van der Waals surface area contributed by atoms with Gasteiger partial charge in [0.1, 0.15) is 6.67 Å². The van der Waals surface area contributed by atoms with Crippen molar-refractivity contribution in [2.24, 2.45) is 16.8 Å². The molecular weight excluding hydrogens is 493 g/mol. The summed E-state index contributed by atoms with van der Waals surface area (Å²) >= 11 is 0. The predicted molar refractivity (Wildman–Crippen MR) is 151 cm³/mol. The summed E-state index contributed by atoms with van der Waals surface area (Å²) in [4.78, 5) is 18.7. The Bertz CT molecular complexity index is 1270. The standard InChI is InChI=1S/C32H36FN3O3/c1-22(15-33)35-16-27(14-30-32(38)31(37)12-13-34-30)26-10-8-24(9-11-26)3-2-23-4-6-25(7-5-23)17-36-18-28(19-36)29-20-39-21-29/h4-11,13,22,27-29,35,38H,12,14-21H2,1H3/t22-,27?/m0/s1. The predicted octanol–water partition coefficient (Wildman–Crippen LogP) is 4.40. The van der Waals surface area contributed by atoms with Crippen LogP contribution >= 0.6 is 0 Å². The lowest BCUT2D eigenvalue weighted by Crippen LogP contribution is -2.53. The van der Waals surface area contributed by atoms with Crippen LogP contribution in [0.15, 0.2) is 65.0 Å². The molecule has 0 aliphatic carbocycles. The van der Waals surface area contributed by atoms with Gasteiger partial charge in [0.05, 0.1) is 18.9 Å². The first kappa shape index (κ1) is 27.3. The second kappa shape index (κ2) is 12.7. The highest BCUT2D eigenvalue weighted by molar-refractivity contribution is 6.03. The molecule has 7 heteroatoms. The maximum atomic E-state index is 13.0. The van der Waals surface area contributed by atoms with Crippen molar-refractivity contribution in [3.63, 3.8) is 0 Å². The molecule has 5 rings (SSSR count). The third-order valence-corrected chi connectivity index (χ3v) is 7.85. The van der Waals surface area contributed by atoms with Crippen molar-refractivity contribution >= 4 is 12.0 Å². The summed E-state index contributed by atoms with van der Waals surface area (Å²) in [6, 6.07) is 16.1. The number of carbonyl (C=O) groups excluding carboxylic acids is 1. The molecule has 1 unspecified atom stereocenters. The molecule has 0 bridgehead atoms. The molecule has 0 saturated carbocycles. The van der Waals surface area contributed by atoms with E-state index in [0.29, 0.717) is 18.7 Å². The van der Waals surface area contributed by atoms with Crippen LogP contribution in [0.2, 0.25) is 0 Å². The summed E-state index contributed by atoms with van der Waals surface area (Å²) in [6.07, 6.45) is 2.02. The fraction of sp³-hybridized carbons (Fsp3) is 0.438. The Morgan fingerprint density at radius 1 is 1.08 bits per heavy atom. The normalized spacial score (nSPS) is 19.7. The number of allylic oxidation sites excluding steroid dienone is 2. The molecule has 39 heavy (non-hydrogen) atoms. The molecule has 3 heterocycles. The summed E-state index contributed by atoms with van der Waals surface area (Å²) < 4.78 is 18.4. The maximum Gasteiger partial charge on any atom is 0.204 e. The zero-order valence-electron chi connectivity index (χ0n) is 22.4. The SMILES string of the molecule is C[C@@H](CF)NCC(CC1=C(O)C(=O)CC=N1)c1ccc(C#Cc2ccc(CN3CC(C4COC4)C3)cc2)cc1. The van der Waals surface area contributed by atoms with E-state index in [0.717, 1.165) is 48.3 Å². The van der Waals surface area contributed by atoms with Crippen LogP contribution < -0.4 is 5.32 Å². The number of likely N-dealkylation sites (tertiary alicyclic amines) is 1. The molecule has 0 amide bonds. The number of alkyl halides is 1. The molecule has 6 nitrogen and oxygen atoms in total. The van der Waals surface area contributed by atoms with Crippen molar-refractivity contribution < 1.29 is 19.0 Å². The average molecular weight is 530 g/mol. The van der Waals surface area contributed by atoms with E-state index in [1.165, 1.54) is 24.9 Å². The molecule has 2 N–H and O–H groups in total. The van der Waals surface area contributed by atoms with Crippen LogP contribution in [0.1, 0.15) is 47.9 Å². The molecular formula is C32H36FN3O3. The topological polar surface area (TPSA) is 74.2 Å². The largest absolute Gasteiger partial charge is 0.503 e. The van der Waals surface area contributed by atoms with E-state index in [2.05, 4.69) is 51.3 Å². The molecule has 2 fully saturated rings. The van der Waals surface area contributed by atoms with Crippen LogP contribution in [0, 0.1) is 23.7 Å². The van der Waals surface area contributed by atoms with Gasteiger partial charge in [-0.25, -0.2) is 4.39 Å². The zero-order valence-corrected chi connectivity index (χ0v) is 22.4. The number of ether oxygens (including phenoxy) is 1. The zero-order chi connectivity index (χ0) is 27.2. The highest BCUT2D eigenvalue weighted by Gasteiger charge is 2.36. The number of aliphatic hydroxyl groups excluding tert-OH is 1. The molecule has 0 spiro atoms. The Morgan fingerprint density at radius 3 is 2.36 bits per heavy atom. The Balaban J connectivity index is 1.19. The molecule has 0 radical (unpaired) electrons. The minimum absolute atomic E-state index is 0.0857. The summed E-state index contributed by atoms with van der Waals surface area (Å²) in [5.41, 5.74) is 4.56. The van der Waals surface area contributed by atoms with E-state index in [1.54, 1.807) is 6.92 Å². The van der Waals surface area contributed by atoms with Gasteiger partial charge in [0.2, 0.25) is 5.78 Å². The molecule has 3 aliphatic heterocycles. The van der Waals surface area contributed by atoms with Gasteiger partial charge in [0, 0.05) is 74.2 Å². The minimum atomic E-state index is -0.470. The fourth-order valence-electron chi connectivity index (χ4n) is 5.14. The van der Waals surface area contributed by atoms with Crippen LogP contribution in [0.3, 0.4) is 0 Å². The smallest absolute Gasteiger partial charge is 0.204 e. The molecule has 2 atom stereocenters. The van der Waals surface area contributed by atoms with Gasteiger partial charge in [-0.05, 0) is 48.2 Å². The lowest BCUT2D eigenvalue weighted by Gasteiger charge is -2.46. The van der Waals surface area contributed by atoms with Gasteiger partial charge in [-0.15, -0.1) is 0 Å². The number of benzene rings is 2. The number of aliphatic hydroxyl groups is 1. The van der Waals surface area contributed by atoms with Crippen LogP contribution in [0.25, 0.3) is 0 Å². The lowest BCUT2D eigenvalue weighted by atomic mass is 9.84. The molecule has 0 aromatic heterocycles. The highest BCUT2D eigenvalue weighted by atomic mass is 19.1. The van der Waals surface area contributed by atoms with Gasteiger partial charge in [0.15, 0.2) is 5.76 Å². The number of hydrogen-bond acceptors (Lipinski definition) is 6. The minimum Gasteiger partial charge on any atom is -0.503 e. The molecule has 3 aliphatic rings. The Morgan fingerprint density at radius 2 is 1.74 bits per heavy atom. The first-order valence-corrected chi connectivity index (χ1v) is 13.8. The van der Waals surface area contributed by atoms with Crippen LogP contribution in [0.5, 0.6) is 0 Å². The van der Waals surface area contributed by atoms with Gasteiger partial charge < -0.3 is 15.2 Å². The van der Waals surface area contributed by atoms with E-state index in [1.807, 2.05) is 24.3 Å². The molecule has 2 aromatic carbocycles. The number of ketones is 1. The Hall–Kier alpha value is -3.31. The fourth-order valence-corrected chi connectivity index (χ4v) is 5.14. The van der Waals surface area contributed by atoms with Gasteiger partial charge in [0.25, 0.3) is 0 Å². The molecule has 2 aromatic rings. The second-order valence-corrected chi connectivity index (χ2v) is 10.9. The summed E-state index contributed by atoms with van der Waals surface area (Å²) in [7, 11) is 0. The number of hydrogen-bond donors (Lipinski definition) is 2. The highest BCUT2D eigenvalue weighted by Crippen LogP contribution is 2.30. The quantitative estimate of drug-likeness (QED) is 0.447. The first-order chi connectivity index (χ1) is 19.0. The number of Topliss-reactive ketones (excluding diaryl/α,β-unsaturated/α-hetero) is 1. The van der Waals surface area contributed by atoms with Gasteiger partial charge in [-0.2, -0.15) is 0 Å². The first-order valence-electron chi connectivity index (χ1n) is 13.8. The third kappa shape index (κ3) is 7.02. The number of aliphatic imine (C=N–C) groups is 1. The van der Waals surface area contributed by atoms with Crippen molar-refractivity contribution in [1.29, 1.82) is 0 Å². The van der Waals surface area contributed by atoms with Crippen molar-refractivity contribution in [2.75, 3.05) is 39.5 Å². The molecule has 2 saturated heterocycles. The summed E-state index contributed by atoms with van der Waals surface area (Å²) in [5, 5.41) is 13.4. The monoisotopic (exact) mass is 529 g/mol. The van der Waals surface area contributed by atoms with Crippen molar-refractivity contribution in [1.82, 2.24) is 10.2 Å². The Labute approximate surface area is 230 Å². The van der Waals surface area contributed by atoms with Crippen LogP contribution in [0.4, 0.5) is 4.39 Å². The van der Waals surface area contributed by atoms with Crippen molar-refractivity contribution in [2.45, 2.75) is 38.3 Å². The molecule has 204 valence electrons. The summed E-state index contributed by atoms with van der Waals surface area (Å²) in [6.45, 7) is 7.00. The number of carbonyl (C=O) groups is 1. The lowest BCUT2D eigenvalue weighted by molar-refractivity contribution is -0.117.